The summed E-state index contributed by atoms with van der Waals surface area (Å²) in [5, 5.41) is 2.71. The highest BCUT2D eigenvalue weighted by Gasteiger charge is 2.27. The summed E-state index contributed by atoms with van der Waals surface area (Å²) >= 11 is 0. The molecule has 0 radical (unpaired) electrons. The van der Waals surface area contributed by atoms with Gasteiger partial charge in [-0.2, -0.15) is 0 Å². The Morgan fingerprint density at radius 3 is 2.50 bits per heavy atom. The van der Waals surface area contributed by atoms with Crippen LogP contribution in [0.5, 0.6) is 0 Å². The fourth-order valence-electron chi connectivity index (χ4n) is 2.89. The maximum absolute atomic E-state index is 12.7. The van der Waals surface area contributed by atoms with Crippen molar-refractivity contribution in [1.29, 1.82) is 0 Å². The van der Waals surface area contributed by atoms with Crippen molar-refractivity contribution in [3.8, 4) is 0 Å². The van der Waals surface area contributed by atoms with Gasteiger partial charge in [-0.25, -0.2) is 0 Å². The molecule has 1 fully saturated rings. The minimum absolute atomic E-state index is 0.190. The second kappa shape index (κ2) is 9.14. The third kappa shape index (κ3) is 4.55. The van der Waals surface area contributed by atoms with Gasteiger partial charge in [0.25, 0.3) is 17.7 Å². The maximum atomic E-state index is 12.7. The molecule has 0 spiro atoms. The van der Waals surface area contributed by atoms with Crippen LogP contribution in [0, 0.1) is 0 Å². The Morgan fingerprint density at radius 2 is 1.86 bits per heavy atom. The monoisotopic (exact) mass is 386 g/mol. The Morgan fingerprint density at radius 1 is 1.14 bits per heavy atom. The molecule has 0 aromatic carbocycles. The molecule has 2 aromatic rings. The zero-order valence-electron chi connectivity index (χ0n) is 15.6. The van der Waals surface area contributed by atoms with E-state index in [1.807, 2.05) is 0 Å². The number of aromatic nitrogens is 1. The summed E-state index contributed by atoms with van der Waals surface area (Å²) in [5.41, 5.74) is 0.561. The Kier molecular flexibility index (Phi) is 6.38. The van der Waals surface area contributed by atoms with E-state index >= 15 is 0 Å². The topological polar surface area (TPSA) is 105 Å². The molecule has 3 amide bonds. The van der Waals surface area contributed by atoms with E-state index in [4.69, 9.17) is 9.15 Å². The van der Waals surface area contributed by atoms with Gasteiger partial charge in [0.15, 0.2) is 5.76 Å². The van der Waals surface area contributed by atoms with Crippen molar-refractivity contribution in [2.75, 3.05) is 46.4 Å². The average Bonchev–Trinajstić information content (AvgIpc) is 3.28. The van der Waals surface area contributed by atoms with Crippen LogP contribution < -0.4 is 5.32 Å². The van der Waals surface area contributed by atoms with Crippen LogP contribution in [0.2, 0.25) is 0 Å². The zero-order chi connectivity index (χ0) is 19.9. The van der Waals surface area contributed by atoms with Crippen molar-refractivity contribution < 1.29 is 23.5 Å². The molecule has 1 N–H and O–H groups in total. The molecule has 1 aliphatic heterocycles. The number of rotatable bonds is 6. The van der Waals surface area contributed by atoms with Crippen LogP contribution in [0.3, 0.4) is 0 Å². The fourth-order valence-corrected chi connectivity index (χ4v) is 2.89. The lowest BCUT2D eigenvalue weighted by Crippen LogP contribution is -2.50. The van der Waals surface area contributed by atoms with Crippen LogP contribution in [0.15, 0.2) is 41.1 Å². The summed E-state index contributed by atoms with van der Waals surface area (Å²) in [6, 6.07) is 6.31. The van der Waals surface area contributed by atoms with Gasteiger partial charge in [-0.05, 0) is 24.3 Å². The van der Waals surface area contributed by atoms with Crippen LogP contribution in [0.1, 0.15) is 31.4 Å². The first-order chi connectivity index (χ1) is 13.6. The molecular formula is C19H22N4O5. The molecule has 9 nitrogen and oxygen atoms in total. The minimum atomic E-state index is -0.289. The summed E-state index contributed by atoms with van der Waals surface area (Å²) in [4.78, 5) is 44.5. The molecule has 2 aromatic heterocycles. The number of piperazine rings is 1. The number of nitrogens with zero attached hydrogens (tertiary/aromatic N) is 3. The van der Waals surface area contributed by atoms with E-state index in [2.05, 4.69) is 10.3 Å². The lowest BCUT2D eigenvalue weighted by atomic mass is 10.2. The van der Waals surface area contributed by atoms with Crippen LogP contribution in [-0.2, 0) is 4.74 Å². The highest BCUT2D eigenvalue weighted by atomic mass is 16.5. The van der Waals surface area contributed by atoms with Gasteiger partial charge in [0.05, 0.1) is 12.9 Å². The smallest absolute Gasteiger partial charge is 0.289 e. The van der Waals surface area contributed by atoms with Gasteiger partial charge in [0.2, 0.25) is 0 Å². The standard InChI is InChI=1S/C19H22N4O5/c1-27-12-6-21-17(24)14-4-5-20-15(13-14)18(25)22-7-9-23(10-8-22)19(26)16-3-2-11-28-16/h2-5,11,13H,6-10,12H2,1H3,(H,21,24). The molecule has 0 bridgehead atoms. The lowest BCUT2D eigenvalue weighted by Gasteiger charge is -2.34. The van der Waals surface area contributed by atoms with Crippen LogP contribution in [0.4, 0.5) is 0 Å². The average molecular weight is 386 g/mol. The Balaban J connectivity index is 1.58. The fraction of sp³-hybridized carbons (Fsp3) is 0.368. The Bertz CT molecular complexity index is 829. The number of methoxy groups -OCH3 is 1. The first-order valence-electron chi connectivity index (χ1n) is 8.95. The summed E-state index contributed by atoms with van der Waals surface area (Å²) in [7, 11) is 1.55. The van der Waals surface area contributed by atoms with Crippen LogP contribution >= 0.6 is 0 Å². The number of furan rings is 1. The number of ether oxygens (including phenoxy) is 1. The van der Waals surface area contributed by atoms with Gasteiger partial charge in [-0.3, -0.25) is 19.4 Å². The number of hydrogen-bond acceptors (Lipinski definition) is 6. The number of amides is 3. The molecule has 3 rings (SSSR count). The minimum Gasteiger partial charge on any atom is -0.459 e. The van der Waals surface area contributed by atoms with E-state index in [0.717, 1.165) is 0 Å². The molecule has 0 atom stereocenters. The van der Waals surface area contributed by atoms with Crippen molar-refractivity contribution >= 4 is 17.7 Å². The predicted octanol–water partition coefficient (Wildman–Crippen LogP) is 0.649. The highest BCUT2D eigenvalue weighted by molar-refractivity contribution is 5.98. The molecule has 0 aliphatic carbocycles. The lowest BCUT2D eigenvalue weighted by molar-refractivity contribution is 0.0515. The molecule has 1 aliphatic rings. The quantitative estimate of drug-likeness (QED) is 0.731. The van der Waals surface area contributed by atoms with Gasteiger partial charge in [0.1, 0.15) is 5.69 Å². The normalized spacial score (nSPS) is 14.0. The summed E-state index contributed by atoms with van der Waals surface area (Å²) in [6.07, 6.45) is 2.90. The van der Waals surface area contributed by atoms with E-state index in [0.29, 0.717) is 44.9 Å². The van der Waals surface area contributed by atoms with Crippen molar-refractivity contribution in [2.45, 2.75) is 0 Å². The predicted molar refractivity (Wildman–Crippen MR) is 99.0 cm³/mol. The summed E-state index contributed by atoms with van der Waals surface area (Å²) < 4.78 is 10.0. The first kappa shape index (κ1) is 19.6. The third-order valence-corrected chi connectivity index (χ3v) is 4.42. The van der Waals surface area contributed by atoms with E-state index in [9.17, 15) is 14.4 Å². The van der Waals surface area contributed by atoms with Gasteiger partial charge in [-0.15, -0.1) is 0 Å². The molecule has 1 saturated heterocycles. The Hall–Kier alpha value is -3.20. The molecule has 3 heterocycles. The number of hydrogen-bond donors (Lipinski definition) is 1. The van der Waals surface area contributed by atoms with Gasteiger partial charge < -0.3 is 24.3 Å². The van der Waals surface area contributed by atoms with Crippen LogP contribution in [-0.4, -0.2) is 78.9 Å². The van der Waals surface area contributed by atoms with E-state index in [-0.39, 0.29) is 29.2 Å². The number of pyridine rings is 1. The number of carbonyl (C=O) groups is 3. The highest BCUT2D eigenvalue weighted by Crippen LogP contribution is 2.12. The Labute approximate surface area is 162 Å². The second-order valence-electron chi connectivity index (χ2n) is 6.24. The van der Waals surface area contributed by atoms with Crippen molar-refractivity contribution in [1.82, 2.24) is 20.1 Å². The number of carbonyl (C=O) groups excluding carboxylic acids is 3. The molecular weight excluding hydrogens is 364 g/mol. The maximum Gasteiger partial charge on any atom is 0.289 e. The largest absolute Gasteiger partial charge is 0.459 e. The molecule has 148 valence electrons. The summed E-state index contributed by atoms with van der Waals surface area (Å²) in [5.74, 6) is -0.461. The number of nitrogens with one attached hydrogen (secondary N) is 1. The molecule has 28 heavy (non-hydrogen) atoms. The molecule has 0 unspecified atom stereocenters. The van der Waals surface area contributed by atoms with Gasteiger partial charge in [0, 0.05) is 51.6 Å². The van der Waals surface area contributed by atoms with Crippen molar-refractivity contribution in [2.24, 2.45) is 0 Å². The first-order valence-corrected chi connectivity index (χ1v) is 8.95. The second-order valence-corrected chi connectivity index (χ2v) is 6.24. The van der Waals surface area contributed by atoms with Crippen molar-refractivity contribution in [3.63, 3.8) is 0 Å². The summed E-state index contributed by atoms with van der Waals surface area (Å²) in [6.45, 7) is 2.37. The molecule has 9 heteroatoms. The zero-order valence-corrected chi connectivity index (χ0v) is 15.6. The van der Waals surface area contributed by atoms with Gasteiger partial charge >= 0.3 is 0 Å². The third-order valence-electron chi connectivity index (χ3n) is 4.42. The van der Waals surface area contributed by atoms with Gasteiger partial charge in [-0.1, -0.05) is 0 Å². The van der Waals surface area contributed by atoms with Crippen LogP contribution in [0.25, 0.3) is 0 Å². The molecule has 0 saturated carbocycles. The van der Waals surface area contributed by atoms with E-state index < -0.39 is 0 Å². The van der Waals surface area contributed by atoms with Crippen molar-refractivity contribution in [3.05, 3.63) is 53.7 Å². The van der Waals surface area contributed by atoms with E-state index in [1.165, 1.54) is 18.5 Å². The van der Waals surface area contributed by atoms with E-state index in [1.54, 1.807) is 35.1 Å². The SMILES string of the molecule is COCCNC(=O)c1ccnc(C(=O)N2CCN(C(=O)c3ccco3)CC2)c1.